The SMILES string of the molecule is COc1cc2ccoc2cc1C(C)=O. The molecule has 0 aliphatic rings. The average Bonchev–Trinajstić information content (AvgIpc) is 2.62. The topological polar surface area (TPSA) is 39.4 Å². The molecular weight excluding hydrogens is 180 g/mol. The van der Waals surface area contributed by atoms with Crippen molar-refractivity contribution in [1.29, 1.82) is 0 Å². The van der Waals surface area contributed by atoms with Crippen LogP contribution in [0.4, 0.5) is 0 Å². The number of carbonyl (C=O) groups excluding carboxylic acids is 1. The number of fused-ring (bicyclic) bond motifs is 1. The molecule has 0 atom stereocenters. The summed E-state index contributed by atoms with van der Waals surface area (Å²) in [6.45, 7) is 1.51. The van der Waals surface area contributed by atoms with Crippen molar-refractivity contribution in [3.63, 3.8) is 0 Å². The summed E-state index contributed by atoms with van der Waals surface area (Å²) in [5, 5.41) is 0.937. The Labute approximate surface area is 81.3 Å². The van der Waals surface area contributed by atoms with Crippen molar-refractivity contribution in [1.82, 2.24) is 0 Å². The summed E-state index contributed by atoms with van der Waals surface area (Å²) >= 11 is 0. The number of ether oxygens (including phenoxy) is 1. The minimum atomic E-state index is -0.0276. The van der Waals surface area contributed by atoms with Gasteiger partial charge in [0.25, 0.3) is 0 Å². The highest BCUT2D eigenvalue weighted by molar-refractivity contribution is 6.00. The molecule has 0 unspecified atom stereocenters. The molecule has 0 aliphatic carbocycles. The molecule has 1 heterocycles. The molecule has 0 saturated carbocycles. The third-order valence-corrected chi connectivity index (χ3v) is 2.15. The molecule has 14 heavy (non-hydrogen) atoms. The van der Waals surface area contributed by atoms with Crippen LogP contribution in [0.1, 0.15) is 17.3 Å². The van der Waals surface area contributed by atoms with Crippen molar-refractivity contribution in [2.24, 2.45) is 0 Å². The van der Waals surface area contributed by atoms with Crippen molar-refractivity contribution in [3.8, 4) is 5.75 Å². The van der Waals surface area contributed by atoms with Gasteiger partial charge in [0.2, 0.25) is 0 Å². The van der Waals surface area contributed by atoms with E-state index in [0.717, 1.165) is 5.39 Å². The molecule has 0 bridgehead atoms. The molecule has 1 aromatic carbocycles. The van der Waals surface area contributed by atoms with Gasteiger partial charge < -0.3 is 9.15 Å². The number of ketones is 1. The van der Waals surface area contributed by atoms with Gasteiger partial charge >= 0.3 is 0 Å². The summed E-state index contributed by atoms with van der Waals surface area (Å²) in [4.78, 5) is 11.3. The minimum absolute atomic E-state index is 0.0276. The van der Waals surface area contributed by atoms with E-state index in [1.54, 1.807) is 25.5 Å². The standard InChI is InChI=1S/C11H10O3/c1-7(12)9-6-10-8(3-4-14-10)5-11(9)13-2/h3-6H,1-2H3. The average molecular weight is 190 g/mol. The lowest BCUT2D eigenvalue weighted by Gasteiger charge is -2.04. The molecule has 0 spiro atoms. The number of methoxy groups -OCH3 is 1. The number of hydrogen-bond donors (Lipinski definition) is 0. The second-order valence-corrected chi connectivity index (χ2v) is 3.07. The van der Waals surface area contributed by atoms with Crippen LogP contribution < -0.4 is 4.74 Å². The fourth-order valence-electron chi connectivity index (χ4n) is 1.43. The third kappa shape index (κ3) is 1.27. The predicted molar refractivity (Wildman–Crippen MR) is 52.8 cm³/mol. The van der Waals surface area contributed by atoms with E-state index in [1.165, 1.54) is 6.92 Å². The van der Waals surface area contributed by atoms with Crippen molar-refractivity contribution in [3.05, 3.63) is 30.0 Å². The quantitative estimate of drug-likeness (QED) is 0.683. The smallest absolute Gasteiger partial charge is 0.163 e. The number of benzene rings is 1. The molecule has 0 amide bonds. The van der Waals surface area contributed by atoms with Crippen molar-refractivity contribution in [2.75, 3.05) is 7.11 Å². The molecule has 1 aromatic heterocycles. The van der Waals surface area contributed by atoms with Gasteiger partial charge in [-0.25, -0.2) is 0 Å². The van der Waals surface area contributed by atoms with Crippen molar-refractivity contribution < 1.29 is 13.9 Å². The van der Waals surface area contributed by atoms with Gasteiger partial charge in [-0.15, -0.1) is 0 Å². The summed E-state index contributed by atoms with van der Waals surface area (Å²) in [5.74, 6) is 0.562. The van der Waals surface area contributed by atoms with Gasteiger partial charge in [-0.3, -0.25) is 4.79 Å². The fourth-order valence-corrected chi connectivity index (χ4v) is 1.43. The maximum Gasteiger partial charge on any atom is 0.163 e. The molecule has 0 N–H and O–H groups in total. The van der Waals surface area contributed by atoms with E-state index in [2.05, 4.69) is 0 Å². The van der Waals surface area contributed by atoms with Gasteiger partial charge in [0.1, 0.15) is 11.3 Å². The number of carbonyl (C=O) groups is 1. The maximum absolute atomic E-state index is 11.3. The van der Waals surface area contributed by atoms with Gasteiger partial charge in [-0.05, 0) is 25.1 Å². The van der Waals surface area contributed by atoms with E-state index in [4.69, 9.17) is 9.15 Å². The maximum atomic E-state index is 11.3. The number of furan rings is 1. The molecule has 0 aliphatic heterocycles. The van der Waals surface area contributed by atoms with Crippen LogP contribution in [0.5, 0.6) is 5.75 Å². The molecule has 3 heteroatoms. The van der Waals surface area contributed by atoms with Crippen LogP contribution >= 0.6 is 0 Å². The first kappa shape index (κ1) is 8.81. The Hall–Kier alpha value is -1.77. The van der Waals surface area contributed by atoms with E-state index in [9.17, 15) is 4.79 Å². The molecule has 0 saturated heterocycles. The van der Waals surface area contributed by atoms with Gasteiger partial charge in [-0.2, -0.15) is 0 Å². The van der Waals surface area contributed by atoms with Gasteiger partial charge in [0.05, 0.1) is 18.9 Å². The first-order chi connectivity index (χ1) is 6.72. The van der Waals surface area contributed by atoms with Crippen LogP contribution in [0.25, 0.3) is 11.0 Å². The van der Waals surface area contributed by atoms with Crippen LogP contribution in [-0.4, -0.2) is 12.9 Å². The van der Waals surface area contributed by atoms with Crippen LogP contribution in [0.2, 0.25) is 0 Å². The van der Waals surface area contributed by atoms with Gasteiger partial charge in [0.15, 0.2) is 5.78 Å². The normalized spacial score (nSPS) is 10.4. The number of hydrogen-bond acceptors (Lipinski definition) is 3. The summed E-state index contributed by atoms with van der Waals surface area (Å²) in [5.41, 5.74) is 1.26. The van der Waals surface area contributed by atoms with Crippen molar-refractivity contribution >= 4 is 16.8 Å². The van der Waals surface area contributed by atoms with E-state index in [0.29, 0.717) is 16.9 Å². The third-order valence-electron chi connectivity index (χ3n) is 2.15. The highest BCUT2D eigenvalue weighted by Crippen LogP contribution is 2.26. The molecule has 3 nitrogen and oxygen atoms in total. The molecule has 72 valence electrons. The summed E-state index contributed by atoms with van der Waals surface area (Å²) in [6, 6.07) is 5.34. The van der Waals surface area contributed by atoms with E-state index in [-0.39, 0.29) is 5.78 Å². The van der Waals surface area contributed by atoms with Crippen molar-refractivity contribution in [2.45, 2.75) is 6.92 Å². The second-order valence-electron chi connectivity index (χ2n) is 3.07. The fraction of sp³-hybridized carbons (Fsp3) is 0.182. The lowest BCUT2D eigenvalue weighted by Crippen LogP contribution is -1.96. The molecule has 0 radical (unpaired) electrons. The zero-order valence-corrected chi connectivity index (χ0v) is 8.03. The van der Waals surface area contributed by atoms with Crippen LogP contribution in [0.15, 0.2) is 28.9 Å². The predicted octanol–water partition coefficient (Wildman–Crippen LogP) is 2.64. The minimum Gasteiger partial charge on any atom is -0.496 e. The number of Topliss-reactive ketones (excluding diaryl/α,β-unsaturated/α-hetero) is 1. The molecule has 2 aromatic rings. The highest BCUT2D eigenvalue weighted by Gasteiger charge is 2.10. The molecule has 0 fully saturated rings. The van der Waals surface area contributed by atoms with Crippen LogP contribution in [-0.2, 0) is 0 Å². The summed E-state index contributed by atoms with van der Waals surface area (Å²) in [7, 11) is 1.55. The number of rotatable bonds is 2. The zero-order valence-electron chi connectivity index (χ0n) is 8.03. The summed E-state index contributed by atoms with van der Waals surface area (Å²) in [6.07, 6.45) is 1.59. The zero-order chi connectivity index (χ0) is 10.1. The lowest BCUT2D eigenvalue weighted by molar-refractivity contribution is 0.101. The Bertz CT molecular complexity index is 482. The molecular formula is C11H10O3. The van der Waals surface area contributed by atoms with E-state index >= 15 is 0 Å². The Kier molecular flexibility index (Phi) is 2.00. The highest BCUT2D eigenvalue weighted by atomic mass is 16.5. The Morgan fingerprint density at radius 3 is 2.86 bits per heavy atom. The first-order valence-electron chi connectivity index (χ1n) is 4.28. The van der Waals surface area contributed by atoms with Crippen LogP contribution in [0, 0.1) is 0 Å². The lowest BCUT2D eigenvalue weighted by atomic mass is 10.1. The molecule has 2 rings (SSSR count). The largest absolute Gasteiger partial charge is 0.496 e. The van der Waals surface area contributed by atoms with E-state index < -0.39 is 0 Å². The monoisotopic (exact) mass is 190 g/mol. The Morgan fingerprint density at radius 2 is 2.21 bits per heavy atom. The second kappa shape index (κ2) is 3.18. The summed E-state index contributed by atoms with van der Waals surface area (Å²) < 4.78 is 10.3. The van der Waals surface area contributed by atoms with E-state index in [1.807, 2.05) is 6.07 Å². The first-order valence-corrected chi connectivity index (χ1v) is 4.28. The Morgan fingerprint density at radius 1 is 1.43 bits per heavy atom. The Balaban J connectivity index is 2.72. The van der Waals surface area contributed by atoms with Gasteiger partial charge in [-0.1, -0.05) is 0 Å². The van der Waals surface area contributed by atoms with Gasteiger partial charge in [0, 0.05) is 5.39 Å². The van der Waals surface area contributed by atoms with Crippen LogP contribution in [0.3, 0.4) is 0 Å².